The van der Waals surface area contributed by atoms with Crippen molar-refractivity contribution in [3.8, 4) is 5.75 Å². The largest absolute Gasteiger partial charge is 0.489 e. The standard InChI is InChI=1S/C26H26N4O2/c1-19-6-4-7-20(16-19)18-32-23-9-5-8-22(17-23)26(31)29-14-11-21(12-15-29)25-28-27-24-10-2-3-13-30(24)25/h2-10,13,16-17,21H,11-12,14-15,18H2,1H3. The molecule has 3 heterocycles. The van der Waals surface area contributed by atoms with E-state index < -0.39 is 0 Å². The van der Waals surface area contributed by atoms with E-state index in [1.807, 2.05) is 65.7 Å². The Morgan fingerprint density at radius 2 is 1.84 bits per heavy atom. The number of pyridine rings is 1. The van der Waals surface area contributed by atoms with Crippen LogP contribution in [0.1, 0.15) is 46.1 Å². The molecule has 162 valence electrons. The van der Waals surface area contributed by atoms with Crippen molar-refractivity contribution in [3.05, 3.63) is 95.4 Å². The van der Waals surface area contributed by atoms with Crippen LogP contribution in [-0.2, 0) is 6.61 Å². The quantitative estimate of drug-likeness (QED) is 0.467. The molecule has 1 fully saturated rings. The van der Waals surface area contributed by atoms with Crippen LogP contribution in [-0.4, -0.2) is 38.5 Å². The zero-order chi connectivity index (χ0) is 21.9. The number of piperidine rings is 1. The van der Waals surface area contributed by atoms with Crippen molar-refractivity contribution in [1.82, 2.24) is 19.5 Å². The molecule has 6 nitrogen and oxygen atoms in total. The second-order valence-electron chi connectivity index (χ2n) is 8.36. The minimum atomic E-state index is 0.0514. The van der Waals surface area contributed by atoms with Crippen LogP contribution < -0.4 is 4.74 Å². The summed E-state index contributed by atoms with van der Waals surface area (Å²) >= 11 is 0. The Labute approximate surface area is 187 Å². The lowest BCUT2D eigenvalue weighted by atomic mass is 9.95. The van der Waals surface area contributed by atoms with E-state index in [0.717, 1.165) is 29.9 Å². The number of hydrogen-bond acceptors (Lipinski definition) is 4. The van der Waals surface area contributed by atoms with E-state index in [4.69, 9.17) is 4.74 Å². The van der Waals surface area contributed by atoms with Crippen LogP contribution in [0.25, 0.3) is 5.65 Å². The van der Waals surface area contributed by atoms with Gasteiger partial charge in [0.05, 0.1) is 0 Å². The molecule has 32 heavy (non-hydrogen) atoms. The summed E-state index contributed by atoms with van der Waals surface area (Å²) in [6, 6.07) is 21.7. The van der Waals surface area contributed by atoms with Gasteiger partial charge < -0.3 is 9.64 Å². The van der Waals surface area contributed by atoms with Crippen molar-refractivity contribution in [2.24, 2.45) is 0 Å². The summed E-state index contributed by atoms with van der Waals surface area (Å²) in [5.41, 5.74) is 3.85. The summed E-state index contributed by atoms with van der Waals surface area (Å²) in [5.74, 6) is 2.05. The summed E-state index contributed by atoms with van der Waals surface area (Å²) in [6.07, 6.45) is 3.76. The third-order valence-corrected chi connectivity index (χ3v) is 6.06. The zero-order valence-electron chi connectivity index (χ0n) is 18.1. The first-order valence-corrected chi connectivity index (χ1v) is 11.0. The first kappa shape index (κ1) is 20.2. The molecule has 1 amide bonds. The Morgan fingerprint density at radius 3 is 2.69 bits per heavy atom. The van der Waals surface area contributed by atoms with E-state index in [-0.39, 0.29) is 5.91 Å². The second kappa shape index (κ2) is 8.83. The average molecular weight is 427 g/mol. The number of fused-ring (bicyclic) bond motifs is 1. The number of aryl methyl sites for hydroxylation is 1. The lowest BCUT2D eigenvalue weighted by Gasteiger charge is -2.31. The maximum absolute atomic E-state index is 13.1. The van der Waals surface area contributed by atoms with E-state index in [0.29, 0.717) is 36.9 Å². The van der Waals surface area contributed by atoms with E-state index >= 15 is 0 Å². The molecule has 0 bridgehead atoms. The fourth-order valence-electron chi connectivity index (χ4n) is 4.35. The third kappa shape index (κ3) is 4.21. The number of rotatable bonds is 5. The SMILES string of the molecule is Cc1cccc(COc2cccc(C(=O)N3CCC(c4nnc5ccccn45)CC3)c2)c1. The van der Waals surface area contributed by atoms with Crippen molar-refractivity contribution in [2.45, 2.75) is 32.3 Å². The number of amides is 1. The van der Waals surface area contributed by atoms with Gasteiger partial charge >= 0.3 is 0 Å². The molecular formula is C26H26N4O2. The third-order valence-electron chi connectivity index (χ3n) is 6.06. The molecule has 5 rings (SSSR count). The Morgan fingerprint density at radius 1 is 1.00 bits per heavy atom. The van der Waals surface area contributed by atoms with Gasteiger partial charge in [-0.05, 0) is 55.7 Å². The van der Waals surface area contributed by atoms with Gasteiger partial charge in [-0.15, -0.1) is 10.2 Å². The minimum Gasteiger partial charge on any atom is -0.489 e. The van der Waals surface area contributed by atoms with Gasteiger partial charge in [-0.2, -0.15) is 0 Å². The molecule has 0 radical (unpaired) electrons. The van der Waals surface area contributed by atoms with Crippen LogP contribution in [0.15, 0.2) is 72.9 Å². The van der Waals surface area contributed by atoms with Gasteiger partial charge in [-0.3, -0.25) is 9.20 Å². The molecule has 0 spiro atoms. The van der Waals surface area contributed by atoms with Crippen molar-refractivity contribution in [2.75, 3.05) is 13.1 Å². The molecular weight excluding hydrogens is 400 g/mol. The molecule has 2 aromatic heterocycles. The zero-order valence-corrected chi connectivity index (χ0v) is 18.1. The lowest BCUT2D eigenvalue weighted by molar-refractivity contribution is 0.0710. The van der Waals surface area contributed by atoms with E-state index in [9.17, 15) is 4.79 Å². The molecule has 0 saturated carbocycles. The second-order valence-corrected chi connectivity index (χ2v) is 8.36. The van der Waals surface area contributed by atoms with Gasteiger partial charge in [-0.1, -0.05) is 42.0 Å². The van der Waals surface area contributed by atoms with E-state index in [1.54, 1.807) is 0 Å². The van der Waals surface area contributed by atoms with Crippen LogP contribution in [0, 0.1) is 6.92 Å². The molecule has 0 N–H and O–H groups in total. The molecule has 1 aliphatic rings. The predicted molar refractivity (Wildman–Crippen MR) is 123 cm³/mol. The lowest BCUT2D eigenvalue weighted by Crippen LogP contribution is -2.38. The van der Waals surface area contributed by atoms with Crippen molar-refractivity contribution >= 4 is 11.6 Å². The number of carbonyl (C=O) groups is 1. The molecule has 6 heteroatoms. The van der Waals surface area contributed by atoms with Gasteiger partial charge in [0.15, 0.2) is 5.65 Å². The summed E-state index contributed by atoms with van der Waals surface area (Å²) in [6.45, 7) is 3.97. The summed E-state index contributed by atoms with van der Waals surface area (Å²) in [4.78, 5) is 15.0. The van der Waals surface area contributed by atoms with Crippen LogP contribution in [0.3, 0.4) is 0 Å². The Bertz CT molecular complexity index is 1240. The molecule has 2 aromatic carbocycles. The number of aromatic nitrogens is 3. The molecule has 0 aliphatic carbocycles. The monoisotopic (exact) mass is 426 g/mol. The number of hydrogen-bond donors (Lipinski definition) is 0. The van der Waals surface area contributed by atoms with E-state index in [1.165, 1.54) is 5.56 Å². The summed E-state index contributed by atoms with van der Waals surface area (Å²) in [7, 11) is 0. The number of benzene rings is 2. The highest BCUT2D eigenvalue weighted by Crippen LogP contribution is 2.28. The van der Waals surface area contributed by atoms with Crippen molar-refractivity contribution < 1.29 is 9.53 Å². The first-order chi connectivity index (χ1) is 15.7. The highest BCUT2D eigenvalue weighted by atomic mass is 16.5. The average Bonchev–Trinajstić information content (AvgIpc) is 3.27. The van der Waals surface area contributed by atoms with Crippen LogP contribution in [0.4, 0.5) is 0 Å². The Kier molecular flexibility index (Phi) is 5.58. The maximum Gasteiger partial charge on any atom is 0.253 e. The molecule has 1 aliphatic heterocycles. The normalized spacial score (nSPS) is 14.6. The fourth-order valence-corrected chi connectivity index (χ4v) is 4.35. The van der Waals surface area contributed by atoms with Crippen LogP contribution in [0.2, 0.25) is 0 Å². The Balaban J connectivity index is 1.22. The van der Waals surface area contributed by atoms with Gasteiger partial charge in [0.2, 0.25) is 0 Å². The van der Waals surface area contributed by atoms with Crippen molar-refractivity contribution in [1.29, 1.82) is 0 Å². The molecule has 0 unspecified atom stereocenters. The minimum absolute atomic E-state index is 0.0514. The van der Waals surface area contributed by atoms with Crippen LogP contribution >= 0.6 is 0 Å². The molecule has 1 saturated heterocycles. The predicted octanol–water partition coefficient (Wildman–Crippen LogP) is 4.64. The smallest absolute Gasteiger partial charge is 0.253 e. The highest BCUT2D eigenvalue weighted by molar-refractivity contribution is 5.94. The topological polar surface area (TPSA) is 59.7 Å². The highest BCUT2D eigenvalue weighted by Gasteiger charge is 2.27. The number of likely N-dealkylation sites (tertiary alicyclic amines) is 1. The maximum atomic E-state index is 13.1. The summed E-state index contributed by atoms with van der Waals surface area (Å²) < 4.78 is 8.00. The van der Waals surface area contributed by atoms with Gasteiger partial charge in [0.1, 0.15) is 18.2 Å². The molecule has 0 atom stereocenters. The van der Waals surface area contributed by atoms with Gasteiger partial charge in [-0.25, -0.2) is 0 Å². The van der Waals surface area contributed by atoms with Gasteiger partial charge in [0, 0.05) is 30.8 Å². The first-order valence-electron chi connectivity index (χ1n) is 11.0. The summed E-state index contributed by atoms with van der Waals surface area (Å²) in [5, 5.41) is 8.67. The van der Waals surface area contributed by atoms with E-state index in [2.05, 4.69) is 33.7 Å². The van der Waals surface area contributed by atoms with Crippen LogP contribution in [0.5, 0.6) is 5.75 Å². The molecule has 4 aromatic rings. The number of ether oxygens (including phenoxy) is 1. The number of carbonyl (C=O) groups excluding carboxylic acids is 1. The van der Waals surface area contributed by atoms with Gasteiger partial charge in [0.25, 0.3) is 5.91 Å². The van der Waals surface area contributed by atoms with Crippen molar-refractivity contribution in [3.63, 3.8) is 0 Å². The Hall–Kier alpha value is -3.67. The fraction of sp³-hybridized carbons (Fsp3) is 0.269. The number of nitrogens with zero attached hydrogens (tertiary/aromatic N) is 4.